The van der Waals surface area contributed by atoms with Gasteiger partial charge in [0.2, 0.25) is 5.91 Å². The molecule has 1 aromatic carbocycles. The number of nitrogens with two attached hydrogens (primary N) is 1. The topological polar surface area (TPSA) is 92.3 Å². The Balaban J connectivity index is 2.03. The van der Waals surface area contributed by atoms with E-state index < -0.39 is 29.3 Å². The van der Waals surface area contributed by atoms with Gasteiger partial charge in [-0.15, -0.1) is 0 Å². The van der Waals surface area contributed by atoms with Crippen molar-refractivity contribution in [1.29, 1.82) is 0 Å². The van der Waals surface area contributed by atoms with Gasteiger partial charge in [-0.05, 0) is 75.0 Å². The van der Waals surface area contributed by atoms with Crippen LogP contribution in [0.2, 0.25) is 0 Å². The van der Waals surface area contributed by atoms with Crippen molar-refractivity contribution in [3.63, 3.8) is 0 Å². The molecule has 6 nitrogen and oxygen atoms in total. The van der Waals surface area contributed by atoms with Crippen LogP contribution in [-0.2, 0) is 11.2 Å². The van der Waals surface area contributed by atoms with E-state index in [4.69, 9.17) is 5.73 Å². The monoisotopic (exact) mass is 478 g/mol. The van der Waals surface area contributed by atoms with Crippen LogP contribution in [0.3, 0.4) is 0 Å². The Bertz CT molecular complexity index is 976. The number of benzene rings is 1. The number of carbonyl (C=O) groups is 1. The van der Waals surface area contributed by atoms with Crippen LogP contribution in [-0.4, -0.2) is 51.2 Å². The number of alkyl halides is 3. The third-order valence-corrected chi connectivity index (χ3v) is 7.22. The first-order chi connectivity index (χ1) is 16.0. The first kappa shape index (κ1) is 25.9. The Kier molecular flexibility index (Phi) is 7.85. The summed E-state index contributed by atoms with van der Waals surface area (Å²) in [4.78, 5) is 23.2. The standard InChI is InChI=1S/C25H33F3N4O2/c1-4-32(5-2)18(14-17-7-8-19(33)13-16(17)3)15-20(22(29)34)21(23-30-11-6-12-31-23)24(9-10-24)25(26,27)28/h6-8,11-13,18,20-21,33H,4-5,9-10,14-15H2,1-3H3,(H2,29,34)/t18-,20?,21?/m1/s1. The number of carbonyl (C=O) groups excluding carboxylic acids is 1. The van der Waals surface area contributed by atoms with Crippen LogP contribution in [0.5, 0.6) is 5.75 Å². The van der Waals surface area contributed by atoms with Crippen molar-refractivity contribution >= 4 is 5.91 Å². The van der Waals surface area contributed by atoms with Crippen LogP contribution < -0.4 is 5.73 Å². The van der Waals surface area contributed by atoms with Gasteiger partial charge in [-0.2, -0.15) is 13.2 Å². The number of phenols is 1. The summed E-state index contributed by atoms with van der Waals surface area (Å²) in [5.41, 5.74) is 5.60. The number of aromatic hydroxyl groups is 1. The lowest BCUT2D eigenvalue weighted by atomic mass is 9.73. The highest BCUT2D eigenvalue weighted by Crippen LogP contribution is 2.67. The van der Waals surface area contributed by atoms with Gasteiger partial charge in [-0.1, -0.05) is 19.9 Å². The maximum absolute atomic E-state index is 14.3. The molecule has 3 rings (SSSR count). The Labute approximate surface area is 198 Å². The molecule has 0 aliphatic heterocycles. The Hall–Kier alpha value is -2.68. The largest absolute Gasteiger partial charge is 0.508 e. The molecule has 0 radical (unpaired) electrons. The molecule has 1 aromatic heterocycles. The van der Waals surface area contributed by atoms with E-state index in [0.29, 0.717) is 19.5 Å². The lowest BCUT2D eigenvalue weighted by Crippen LogP contribution is -2.45. The summed E-state index contributed by atoms with van der Waals surface area (Å²) >= 11 is 0. The molecule has 1 amide bonds. The van der Waals surface area contributed by atoms with E-state index in [9.17, 15) is 23.1 Å². The minimum absolute atomic E-state index is 0.0141. The van der Waals surface area contributed by atoms with Gasteiger partial charge in [0.25, 0.3) is 0 Å². The average molecular weight is 479 g/mol. The molecule has 1 heterocycles. The van der Waals surface area contributed by atoms with Crippen molar-refractivity contribution in [2.24, 2.45) is 17.1 Å². The third-order valence-electron chi connectivity index (χ3n) is 7.22. The Morgan fingerprint density at radius 3 is 2.29 bits per heavy atom. The molecule has 1 aliphatic rings. The predicted octanol–water partition coefficient (Wildman–Crippen LogP) is 4.36. The van der Waals surface area contributed by atoms with E-state index >= 15 is 0 Å². The van der Waals surface area contributed by atoms with Gasteiger partial charge < -0.3 is 15.7 Å². The quantitative estimate of drug-likeness (QED) is 0.501. The normalized spacial score (nSPS) is 17.9. The Morgan fingerprint density at radius 2 is 1.82 bits per heavy atom. The average Bonchev–Trinajstić information content (AvgIpc) is 3.58. The second-order valence-electron chi connectivity index (χ2n) is 9.17. The van der Waals surface area contributed by atoms with E-state index in [0.717, 1.165) is 11.1 Å². The van der Waals surface area contributed by atoms with Gasteiger partial charge >= 0.3 is 6.18 Å². The number of halogens is 3. The van der Waals surface area contributed by atoms with Gasteiger partial charge in [0.15, 0.2) is 0 Å². The van der Waals surface area contributed by atoms with Crippen molar-refractivity contribution in [3.05, 3.63) is 53.6 Å². The maximum Gasteiger partial charge on any atom is 0.395 e. The molecule has 0 bridgehead atoms. The van der Waals surface area contributed by atoms with Gasteiger partial charge in [0, 0.05) is 30.3 Å². The summed E-state index contributed by atoms with van der Waals surface area (Å²) in [6.45, 7) is 7.18. The van der Waals surface area contributed by atoms with Crippen molar-refractivity contribution in [2.75, 3.05) is 13.1 Å². The zero-order valence-corrected chi connectivity index (χ0v) is 19.8. The van der Waals surface area contributed by atoms with E-state index in [2.05, 4.69) is 14.9 Å². The minimum atomic E-state index is -4.50. The van der Waals surface area contributed by atoms with Crippen LogP contribution in [0, 0.1) is 18.3 Å². The van der Waals surface area contributed by atoms with E-state index in [-0.39, 0.29) is 36.9 Å². The molecular formula is C25H33F3N4O2. The van der Waals surface area contributed by atoms with Crippen molar-refractivity contribution in [3.8, 4) is 5.75 Å². The third kappa shape index (κ3) is 5.35. The van der Waals surface area contributed by atoms with Crippen LogP contribution in [0.25, 0.3) is 0 Å². The lowest BCUT2D eigenvalue weighted by molar-refractivity contribution is -0.199. The van der Waals surface area contributed by atoms with Crippen molar-refractivity contribution in [1.82, 2.24) is 14.9 Å². The molecule has 0 saturated heterocycles. The molecular weight excluding hydrogens is 445 g/mol. The zero-order chi connectivity index (χ0) is 25.1. The van der Waals surface area contributed by atoms with Crippen LogP contribution in [0.1, 0.15) is 56.0 Å². The maximum atomic E-state index is 14.3. The number of primary amides is 1. The van der Waals surface area contributed by atoms with E-state index in [1.165, 1.54) is 12.4 Å². The highest BCUT2D eigenvalue weighted by Gasteiger charge is 2.70. The zero-order valence-electron chi connectivity index (χ0n) is 19.8. The van der Waals surface area contributed by atoms with E-state index in [1.54, 1.807) is 18.2 Å². The number of nitrogens with zero attached hydrogens (tertiary/aromatic N) is 3. The van der Waals surface area contributed by atoms with Gasteiger partial charge in [-0.3, -0.25) is 4.79 Å². The first-order valence-electron chi connectivity index (χ1n) is 11.7. The SMILES string of the molecule is CCN(CC)[C@H](Cc1ccc(O)cc1C)CC(C(N)=O)C(c1ncccn1)C1(C(F)(F)F)CC1. The number of likely N-dealkylation sites (N-methyl/N-ethyl adjacent to an activating group) is 1. The molecule has 1 saturated carbocycles. The number of phenolic OH excluding ortho intramolecular Hbond substituents is 1. The smallest absolute Gasteiger partial charge is 0.395 e. The van der Waals surface area contributed by atoms with Gasteiger partial charge in [0.1, 0.15) is 11.6 Å². The second-order valence-corrected chi connectivity index (χ2v) is 9.17. The van der Waals surface area contributed by atoms with Crippen molar-refractivity contribution in [2.45, 2.75) is 64.6 Å². The van der Waals surface area contributed by atoms with Crippen LogP contribution >= 0.6 is 0 Å². The number of rotatable bonds is 11. The van der Waals surface area contributed by atoms with Crippen molar-refractivity contribution < 1.29 is 23.1 Å². The minimum Gasteiger partial charge on any atom is -0.508 e. The number of hydrogen-bond acceptors (Lipinski definition) is 5. The molecule has 2 unspecified atom stereocenters. The highest BCUT2D eigenvalue weighted by molar-refractivity contribution is 5.78. The predicted molar refractivity (Wildman–Crippen MR) is 123 cm³/mol. The number of aromatic nitrogens is 2. The summed E-state index contributed by atoms with van der Waals surface area (Å²) in [6.07, 6.45) is -1.17. The second kappa shape index (κ2) is 10.3. The molecule has 1 aliphatic carbocycles. The summed E-state index contributed by atoms with van der Waals surface area (Å²) in [5, 5.41) is 9.77. The van der Waals surface area contributed by atoms with Crippen LogP contribution in [0.4, 0.5) is 13.2 Å². The molecule has 1 fully saturated rings. The summed E-state index contributed by atoms with van der Waals surface area (Å²) in [7, 11) is 0. The van der Waals surface area contributed by atoms with Crippen LogP contribution in [0.15, 0.2) is 36.7 Å². The van der Waals surface area contributed by atoms with E-state index in [1.807, 2.05) is 26.8 Å². The van der Waals surface area contributed by atoms with Gasteiger partial charge in [0.05, 0.1) is 5.41 Å². The lowest BCUT2D eigenvalue weighted by Gasteiger charge is -2.37. The summed E-state index contributed by atoms with van der Waals surface area (Å²) in [5.74, 6) is -2.94. The fourth-order valence-corrected chi connectivity index (χ4v) is 5.16. The summed E-state index contributed by atoms with van der Waals surface area (Å²) < 4.78 is 42.8. The fourth-order valence-electron chi connectivity index (χ4n) is 5.16. The summed E-state index contributed by atoms with van der Waals surface area (Å²) in [6, 6.07) is 6.38. The first-order valence-corrected chi connectivity index (χ1v) is 11.7. The van der Waals surface area contributed by atoms with Gasteiger partial charge in [-0.25, -0.2) is 9.97 Å². The fraction of sp³-hybridized carbons (Fsp3) is 0.560. The molecule has 9 heteroatoms. The Morgan fingerprint density at radius 1 is 1.21 bits per heavy atom. The number of amides is 1. The highest BCUT2D eigenvalue weighted by atomic mass is 19.4. The molecule has 2 aromatic rings. The number of aryl methyl sites for hydroxylation is 1. The molecule has 3 atom stereocenters. The molecule has 186 valence electrons. The molecule has 3 N–H and O–H groups in total. The molecule has 34 heavy (non-hydrogen) atoms. The molecule has 0 spiro atoms. The number of hydrogen-bond donors (Lipinski definition) is 2.